The van der Waals surface area contributed by atoms with Crippen molar-refractivity contribution in [3.8, 4) is 22.6 Å². The number of ether oxygens (including phenoxy) is 2. The number of rotatable bonds is 7. The zero-order valence-corrected chi connectivity index (χ0v) is 20.6. The number of aliphatic hydroxyl groups is 1. The number of nitrogens with one attached hydrogen (secondary N) is 1. The van der Waals surface area contributed by atoms with Crippen molar-refractivity contribution in [1.82, 2.24) is 4.37 Å². The molecule has 0 amide bonds. The second kappa shape index (κ2) is 9.96. The van der Waals surface area contributed by atoms with Crippen LogP contribution >= 0.6 is 11.5 Å². The summed E-state index contributed by atoms with van der Waals surface area (Å²) < 4.78 is 17.0. The van der Waals surface area contributed by atoms with Gasteiger partial charge in [-0.3, -0.25) is 4.99 Å². The van der Waals surface area contributed by atoms with E-state index in [0.29, 0.717) is 19.0 Å². The van der Waals surface area contributed by atoms with Gasteiger partial charge in [0.25, 0.3) is 0 Å². The topological polar surface area (TPSA) is 113 Å². The van der Waals surface area contributed by atoms with Crippen molar-refractivity contribution >= 4 is 45.3 Å². The highest BCUT2D eigenvalue weighted by atomic mass is 32.1. The van der Waals surface area contributed by atoms with Gasteiger partial charge in [0.15, 0.2) is 23.4 Å². The Morgan fingerprint density at radius 1 is 1.14 bits per heavy atom. The Kier molecular flexibility index (Phi) is 6.58. The summed E-state index contributed by atoms with van der Waals surface area (Å²) >= 11 is 1.38. The SMILES string of the molecule is Cc1c(Nc2nsc3ccc(C=NC(C(=O)O)C(C)O)cc23)cccc1-c1ccc2c(c1)OCCO2. The number of aliphatic carboxylic acids is 1. The first-order valence-electron chi connectivity index (χ1n) is 11.5. The molecule has 1 aliphatic rings. The van der Waals surface area contributed by atoms with Crippen molar-refractivity contribution in [2.75, 3.05) is 18.5 Å². The Morgan fingerprint density at radius 2 is 1.94 bits per heavy atom. The fraction of sp³-hybridized carbons (Fsp3) is 0.222. The lowest BCUT2D eigenvalue weighted by molar-refractivity contribution is -0.140. The molecule has 0 radical (unpaired) electrons. The first-order chi connectivity index (χ1) is 17.4. The number of hydrogen-bond acceptors (Lipinski definition) is 8. The first kappa shape index (κ1) is 23.8. The Hall–Kier alpha value is -3.95. The second-order valence-electron chi connectivity index (χ2n) is 8.55. The molecule has 0 saturated carbocycles. The van der Waals surface area contributed by atoms with Gasteiger partial charge in [0.1, 0.15) is 13.2 Å². The molecule has 0 fully saturated rings. The summed E-state index contributed by atoms with van der Waals surface area (Å²) in [7, 11) is 0. The molecule has 9 heteroatoms. The summed E-state index contributed by atoms with van der Waals surface area (Å²) in [6, 6.07) is 16.5. The van der Waals surface area contributed by atoms with Crippen LogP contribution in [0.1, 0.15) is 18.1 Å². The fourth-order valence-electron chi connectivity index (χ4n) is 4.11. The predicted octanol–water partition coefficient (Wildman–Crippen LogP) is 5.04. The molecule has 1 aromatic heterocycles. The third-order valence-electron chi connectivity index (χ3n) is 6.03. The number of aliphatic hydroxyl groups excluding tert-OH is 1. The van der Waals surface area contributed by atoms with E-state index in [9.17, 15) is 15.0 Å². The lowest BCUT2D eigenvalue weighted by atomic mass is 9.98. The number of aromatic nitrogens is 1. The standard InChI is InChI=1S/C27H25N3O5S/c1-15-19(18-7-8-22-23(13-18)35-11-10-34-22)4-3-5-21(15)29-26-20-12-17(6-9-24(20)36-30-26)14-28-25(16(2)31)27(32)33/h3-9,12-14,16,25,31H,10-11H2,1-2H3,(H,29,30)(H,32,33). The van der Waals surface area contributed by atoms with Crippen LogP contribution in [0, 0.1) is 6.92 Å². The highest BCUT2D eigenvalue weighted by Gasteiger charge is 2.21. The molecule has 36 heavy (non-hydrogen) atoms. The average Bonchev–Trinajstić information content (AvgIpc) is 3.26. The molecule has 5 rings (SSSR count). The fourth-order valence-corrected chi connectivity index (χ4v) is 4.83. The monoisotopic (exact) mass is 503 g/mol. The molecule has 2 heterocycles. The van der Waals surface area contributed by atoms with Gasteiger partial charge in [0, 0.05) is 17.3 Å². The zero-order chi connectivity index (χ0) is 25.2. The lowest BCUT2D eigenvalue weighted by Crippen LogP contribution is -2.29. The van der Waals surface area contributed by atoms with Crippen LogP contribution < -0.4 is 14.8 Å². The van der Waals surface area contributed by atoms with Crippen molar-refractivity contribution < 1.29 is 24.5 Å². The molecule has 3 N–H and O–H groups in total. The quantitative estimate of drug-likeness (QED) is 0.303. The van der Waals surface area contributed by atoms with Crippen LogP contribution in [0.5, 0.6) is 11.5 Å². The number of anilines is 2. The number of nitrogens with zero attached hydrogens (tertiary/aromatic N) is 2. The van der Waals surface area contributed by atoms with Crippen LogP contribution in [0.25, 0.3) is 21.2 Å². The molecule has 0 bridgehead atoms. The molecule has 3 aromatic carbocycles. The van der Waals surface area contributed by atoms with Crippen molar-refractivity contribution in [2.45, 2.75) is 26.0 Å². The van der Waals surface area contributed by atoms with E-state index < -0.39 is 18.1 Å². The summed E-state index contributed by atoms with van der Waals surface area (Å²) in [5.41, 5.74) is 4.82. The second-order valence-corrected chi connectivity index (χ2v) is 9.36. The van der Waals surface area contributed by atoms with E-state index in [1.807, 2.05) is 48.5 Å². The Morgan fingerprint density at radius 3 is 2.72 bits per heavy atom. The molecule has 8 nitrogen and oxygen atoms in total. The number of benzene rings is 3. The molecular formula is C27H25N3O5S. The van der Waals surface area contributed by atoms with Gasteiger partial charge < -0.3 is 25.0 Å². The van der Waals surface area contributed by atoms with E-state index >= 15 is 0 Å². The molecule has 0 spiro atoms. The van der Waals surface area contributed by atoms with Gasteiger partial charge in [-0.05, 0) is 78.0 Å². The number of aliphatic imine (C=N–C) groups is 1. The molecule has 2 unspecified atom stereocenters. The number of fused-ring (bicyclic) bond motifs is 2. The predicted molar refractivity (Wildman–Crippen MR) is 141 cm³/mol. The van der Waals surface area contributed by atoms with E-state index in [2.05, 4.69) is 27.7 Å². The largest absolute Gasteiger partial charge is 0.486 e. The summed E-state index contributed by atoms with van der Waals surface area (Å²) in [4.78, 5) is 15.4. The van der Waals surface area contributed by atoms with E-state index in [0.717, 1.165) is 49.5 Å². The van der Waals surface area contributed by atoms with Gasteiger partial charge in [0.05, 0.1) is 10.8 Å². The number of carboxylic acids is 1. The maximum absolute atomic E-state index is 11.3. The van der Waals surface area contributed by atoms with Crippen LogP contribution in [0.15, 0.2) is 59.6 Å². The molecular weight excluding hydrogens is 478 g/mol. The zero-order valence-electron chi connectivity index (χ0n) is 19.8. The summed E-state index contributed by atoms with van der Waals surface area (Å²) in [5.74, 6) is 1.04. The Bertz CT molecular complexity index is 1460. The van der Waals surface area contributed by atoms with Crippen molar-refractivity contribution in [3.63, 3.8) is 0 Å². The van der Waals surface area contributed by atoms with Crippen LogP contribution in [0.4, 0.5) is 11.5 Å². The van der Waals surface area contributed by atoms with E-state index in [1.165, 1.54) is 24.7 Å². The lowest BCUT2D eigenvalue weighted by Gasteiger charge is -2.19. The van der Waals surface area contributed by atoms with E-state index in [4.69, 9.17) is 9.47 Å². The van der Waals surface area contributed by atoms with Crippen LogP contribution in [0.3, 0.4) is 0 Å². The third kappa shape index (κ3) is 4.75. The van der Waals surface area contributed by atoms with Gasteiger partial charge in [-0.2, -0.15) is 4.37 Å². The minimum Gasteiger partial charge on any atom is -0.486 e. The van der Waals surface area contributed by atoms with Crippen LogP contribution in [-0.2, 0) is 4.79 Å². The highest BCUT2D eigenvalue weighted by molar-refractivity contribution is 7.13. The van der Waals surface area contributed by atoms with Crippen LogP contribution in [-0.4, -0.2) is 52.1 Å². The Labute approximate surface area is 212 Å². The molecule has 2 atom stereocenters. The van der Waals surface area contributed by atoms with E-state index in [1.54, 1.807) is 0 Å². The van der Waals surface area contributed by atoms with Gasteiger partial charge in [-0.1, -0.05) is 24.3 Å². The van der Waals surface area contributed by atoms with Gasteiger partial charge in [0.2, 0.25) is 0 Å². The number of carboxylic acid groups (broad SMARTS) is 1. The third-order valence-corrected chi connectivity index (χ3v) is 6.85. The summed E-state index contributed by atoms with van der Waals surface area (Å²) in [6.45, 7) is 4.56. The van der Waals surface area contributed by atoms with Gasteiger partial charge in [-0.25, -0.2) is 4.79 Å². The summed E-state index contributed by atoms with van der Waals surface area (Å²) in [5, 5.41) is 23.3. The molecule has 1 aliphatic heterocycles. The van der Waals surface area contributed by atoms with Crippen LogP contribution in [0.2, 0.25) is 0 Å². The summed E-state index contributed by atoms with van der Waals surface area (Å²) in [6.07, 6.45) is 0.382. The maximum atomic E-state index is 11.3. The minimum atomic E-state index is -1.22. The maximum Gasteiger partial charge on any atom is 0.331 e. The molecule has 4 aromatic rings. The first-order valence-corrected chi connectivity index (χ1v) is 12.3. The molecule has 0 aliphatic carbocycles. The molecule has 0 saturated heterocycles. The minimum absolute atomic E-state index is 0.538. The highest BCUT2D eigenvalue weighted by Crippen LogP contribution is 2.38. The number of hydrogen-bond donors (Lipinski definition) is 3. The van der Waals surface area contributed by atoms with Gasteiger partial charge >= 0.3 is 5.97 Å². The molecule has 184 valence electrons. The average molecular weight is 504 g/mol. The van der Waals surface area contributed by atoms with Crippen molar-refractivity contribution in [3.05, 3.63) is 65.7 Å². The Balaban J connectivity index is 1.44. The normalized spacial score (nSPS) is 14.6. The van der Waals surface area contributed by atoms with Crippen molar-refractivity contribution in [2.24, 2.45) is 4.99 Å². The van der Waals surface area contributed by atoms with E-state index in [-0.39, 0.29) is 0 Å². The number of carbonyl (C=O) groups is 1. The smallest absolute Gasteiger partial charge is 0.331 e. The van der Waals surface area contributed by atoms with Gasteiger partial charge in [-0.15, -0.1) is 0 Å². The van der Waals surface area contributed by atoms with Crippen molar-refractivity contribution in [1.29, 1.82) is 0 Å².